The number of hydrogen-bond acceptors (Lipinski definition) is 5. The SMILES string of the molecule is Cc1ccc(S(=O)(=O)N2C[C@H](C(=O)NCCOc3cc(C)cc(C)c3)Oc3ccc(C)cc32)cc1. The van der Waals surface area contributed by atoms with Crippen molar-refractivity contribution in [3.8, 4) is 11.5 Å². The summed E-state index contributed by atoms with van der Waals surface area (Å²) in [5, 5.41) is 2.80. The highest BCUT2D eigenvalue weighted by Gasteiger charge is 2.37. The van der Waals surface area contributed by atoms with E-state index in [2.05, 4.69) is 11.4 Å². The third kappa shape index (κ3) is 5.59. The van der Waals surface area contributed by atoms with Gasteiger partial charge in [-0.3, -0.25) is 9.10 Å². The number of fused-ring (bicyclic) bond motifs is 1. The molecule has 1 amide bonds. The van der Waals surface area contributed by atoms with Crippen LogP contribution in [-0.4, -0.2) is 40.1 Å². The van der Waals surface area contributed by atoms with Gasteiger partial charge in [-0.05, 0) is 80.8 Å². The largest absolute Gasteiger partial charge is 0.492 e. The molecule has 0 aliphatic carbocycles. The molecule has 3 aromatic rings. The summed E-state index contributed by atoms with van der Waals surface area (Å²) in [6.07, 6.45) is -0.994. The van der Waals surface area contributed by atoms with Gasteiger partial charge in [0.2, 0.25) is 0 Å². The Balaban J connectivity index is 1.48. The molecule has 3 aromatic carbocycles. The number of anilines is 1. The molecule has 0 spiro atoms. The molecule has 0 saturated heterocycles. The van der Waals surface area contributed by atoms with Crippen molar-refractivity contribution in [3.63, 3.8) is 0 Å². The summed E-state index contributed by atoms with van der Waals surface area (Å²) in [7, 11) is -3.90. The number of sulfonamides is 1. The van der Waals surface area contributed by atoms with E-state index in [1.54, 1.807) is 36.4 Å². The molecule has 0 unspecified atom stereocenters. The summed E-state index contributed by atoms with van der Waals surface area (Å²) < 4.78 is 40.0. The van der Waals surface area contributed by atoms with Crippen LogP contribution in [0.4, 0.5) is 5.69 Å². The smallest absolute Gasteiger partial charge is 0.264 e. The van der Waals surface area contributed by atoms with E-state index >= 15 is 0 Å². The van der Waals surface area contributed by atoms with Crippen LogP contribution in [0.1, 0.15) is 22.3 Å². The minimum absolute atomic E-state index is 0.129. The zero-order chi connectivity index (χ0) is 25.2. The Morgan fingerprint density at radius 3 is 2.29 bits per heavy atom. The summed E-state index contributed by atoms with van der Waals surface area (Å²) in [5.74, 6) is 0.693. The fraction of sp³-hybridized carbons (Fsp3) is 0.296. The summed E-state index contributed by atoms with van der Waals surface area (Å²) in [6, 6.07) is 17.9. The second-order valence-corrected chi connectivity index (χ2v) is 10.8. The number of aryl methyl sites for hydroxylation is 4. The lowest BCUT2D eigenvalue weighted by molar-refractivity contribution is -0.127. The number of nitrogens with zero attached hydrogens (tertiary/aromatic N) is 1. The molecule has 0 aromatic heterocycles. The van der Waals surface area contributed by atoms with Gasteiger partial charge in [-0.2, -0.15) is 0 Å². The maximum atomic E-state index is 13.5. The molecular weight excluding hydrogens is 464 g/mol. The highest BCUT2D eigenvalue weighted by atomic mass is 32.2. The van der Waals surface area contributed by atoms with Crippen molar-refractivity contribution in [3.05, 3.63) is 82.9 Å². The molecule has 8 heteroatoms. The second-order valence-electron chi connectivity index (χ2n) is 8.89. The molecule has 7 nitrogen and oxygen atoms in total. The minimum atomic E-state index is -3.90. The predicted octanol–water partition coefficient (Wildman–Crippen LogP) is 4.07. The van der Waals surface area contributed by atoms with Gasteiger partial charge in [-0.25, -0.2) is 8.42 Å². The summed E-state index contributed by atoms with van der Waals surface area (Å²) in [6.45, 7) is 8.19. The fourth-order valence-corrected chi connectivity index (χ4v) is 5.50. The lowest BCUT2D eigenvalue weighted by Gasteiger charge is -2.35. The molecule has 184 valence electrons. The van der Waals surface area contributed by atoms with Crippen LogP contribution in [0, 0.1) is 27.7 Å². The standard InChI is InChI=1S/C27H30N2O5S/c1-18-5-8-23(9-6-18)35(31,32)29-17-26(34-25-10-7-19(2)16-24(25)29)27(30)28-11-12-33-22-14-20(3)13-21(4)15-22/h5-10,13-16,26H,11-12,17H2,1-4H3,(H,28,30)/t26-/m1/s1. The Kier molecular flexibility index (Phi) is 7.03. The number of rotatable bonds is 7. The van der Waals surface area contributed by atoms with Gasteiger partial charge >= 0.3 is 0 Å². The van der Waals surface area contributed by atoms with Gasteiger partial charge in [0.25, 0.3) is 15.9 Å². The normalized spacial score (nSPS) is 15.2. The third-order valence-corrected chi connectivity index (χ3v) is 7.54. The number of amides is 1. The lowest BCUT2D eigenvalue weighted by atomic mass is 10.1. The van der Waals surface area contributed by atoms with Crippen LogP contribution < -0.4 is 19.1 Å². The maximum absolute atomic E-state index is 13.5. The Bertz CT molecular complexity index is 1320. The number of nitrogens with one attached hydrogen (secondary N) is 1. The average molecular weight is 495 g/mol. The van der Waals surface area contributed by atoms with Crippen molar-refractivity contribution >= 4 is 21.6 Å². The van der Waals surface area contributed by atoms with Crippen molar-refractivity contribution in [1.29, 1.82) is 0 Å². The first-order valence-electron chi connectivity index (χ1n) is 11.5. The van der Waals surface area contributed by atoms with Crippen molar-refractivity contribution in [2.75, 3.05) is 24.0 Å². The molecule has 1 heterocycles. The third-order valence-electron chi connectivity index (χ3n) is 5.75. The van der Waals surface area contributed by atoms with E-state index < -0.39 is 22.0 Å². The van der Waals surface area contributed by atoms with Crippen molar-refractivity contribution in [2.45, 2.75) is 38.7 Å². The molecule has 35 heavy (non-hydrogen) atoms. The van der Waals surface area contributed by atoms with Gasteiger partial charge in [-0.15, -0.1) is 0 Å². The molecule has 1 atom stereocenters. The van der Waals surface area contributed by atoms with Gasteiger partial charge in [0.05, 0.1) is 23.7 Å². The predicted molar refractivity (Wildman–Crippen MR) is 136 cm³/mol. The number of hydrogen-bond donors (Lipinski definition) is 1. The van der Waals surface area contributed by atoms with Crippen molar-refractivity contribution < 1.29 is 22.7 Å². The minimum Gasteiger partial charge on any atom is -0.492 e. The Morgan fingerprint density at radius 2 is 1.60 bits per heavy atom. The molecule has 4 rings (SSSR count). The van der Waals surface area contributed by atoms with Gasteiger partial charge in [0.15, 0.2) is 6.10 Å². The van der Waals surface area contributed by atoms with Crippen molar-refractivity contribution in [1.82, 2.24) is 5.32 Å². The van der Waals surface area contributed by atoms with Gasteiger partial charge in [0.1, 0.15) is 18.1 Å². The zero-order valence-corrected chi connectivity index (χ0v) is 21.2. The zero-order valence-electron chi connectivity index (χ0n) is 20.4. The molecule has 0 radical (unpaired) electrons. The van der Waals surface area contributed by atoms with Gasteiger partial charge < -0.3 is 14.8 Å². The average Bonchev–Trinajstić information content (AvgIpc) is 2.80. The van der Waals surface area contributed by atoms with Crippen LogP contribution in [0.25, 0.3) is 0 Å². The summed E-state index contributed by atoms with van der Waals surface area (Å²) in [5.41, 5.74) is 4.48. The highest BCUT2D eigenvalue weighted by molar-refractivity contribution is 7.92. The van der Waals surface area contributed by atoms with E-state index in [0.717, 1.165) is 28.0 Å². The Morgan fingerprint density at radius 1 is 0.943 bits per heavy atom. The highest BCUT2D eigenvalue weighted by Crippen LogP contribution is 2.37. The molecular formula is C27H30N2O5S. The Hall–Kier alpha value is -3.52. The number of carbonyl (C=O) groups is 1. The van der Waals surface area contributed by atoms with Gasteiger partial charge in [0, 0.05) is 0 Å². The fourth-order valence-electron chi connectivity index (χ4n) is 4.04. The van der Waals surface area contributed by atoms with Gasteiger partial charge in [-0.1, -0.05) is 29.8 Å². The monoisotopic (exact) mass is 494 g/mol. The van der Waals surface area contributed by atoms with E-state index in [4.69, 9.17) is 9.47 Å². The number of benzene rings is 3. The van der Waals surface area contributed by atoms with Crippen LogP contribution in [0.5, 0.6) is 11.5 Å². The quantitative estimate of drug-likeness (QED) is 0.501. The van der Waals surface area contributed by atoms with Crippen molar-refractivity contribution in [2.24, 2.45) is 0 Å². The maximum Gasteiger partial charge on any atom is 0.264 e. The van der Waals surface area contributed by atoms with Crippen LogP contribution in [0.3, 0.4) is 0 Å². The second kappa shape index (κ2) is 10.00. The van der Waals surface area contributed by atoms with Crippen LogP contribution in [-0.2, 0) is 14.8 Å². The van der Waals surface area contributed by atoms with E-state index in [1.807, 2.05) is 45.9 Å². The van der Waals surface area contributed by atoms with E-state index in [0.29, 0.717) is 11.4 Å². The summed E-state index contributed by atoms with van der Waals surface area (Å²) >= 11 is 0. The van der Waals surface area contributed by atoms with E-state index in [-0.39, 0.29) is 24.6 Å². The molecule has 0 saturated carbocycles. The van der Waals surface area contributed by atoms with Crippen LogP contribution >= 0.6 is 0 Å². The number of ether oxygens (including phenoxy) is 2. The van der Waals surface area contributed by atoms with E-state index in [1.165, 1.54) is 4.31 Å². The molecule has 1 aliphatic rings. The molecule has 0 fully saturated rings. The topological polar surface area (TPSA) is 84.9 Å². The lowest BCUT2D eigenvalue weighted by Crippen LogP contribution is -2.51. The molecule has 1 aliphatic heterocycles. The first kappa shape index (κ1) is 24.6. The first-order valence-corrected chi connectivity index (χ1v) is 12.9. The molecule has 1 N–H and O–H groups in total. The first-order chi connectivity index (χ1) is 16.6. The van der Waals surface area contributed by atoms with E-state index in [9.17, 15) is 13.2 Å². The summed E-state index contributed by atoms with van der Waals surface area (Å²) in [4.78, 5) is 13.1. The number of carbonyl (C=O) groups excluding carboxylic acids is 1. The van der Waals surface area contributed by atoms with Crippen LogP contribution in [0.15, 0.2) is 65.6 Å². The molecule has 0 bridgehead atoms. The van der Waals surface area contributed by atoms with Crippen LogP contribution in [0.2, 0.25) is 0 Å². The Labute approximate surface area is 206 Å².